The lowest BCUT2D eigenvalue weighted by Crippen LogP contribution is -2.40. The summed E-state index contributed by atoms with van der Waals surface area (Å²) in [5.41, 5.74) is 5.43. The summed E-state index contributed by atoms with van der Waals surface area (Å²) in [6, 6.07) is 7.98. The van der Waals surface area contributed by atoms with Gasteiger partial charge in [-0.2, -0.15) is 9.61 Å². The van der Waals surface area contributed by atoms with Crippen molar-refractivity contribution in [2.75, 3.05) is 32.2 Å². The first-order chi connectivity index (χ1) is 14.6. The van der Waals surface area contributed by atoms with Crippen molar-refractivity contribution in [2.24, 2.45) is 11.8 Å². The third kappa shape index (κ3) is 3.28. The Morgan fingerprint density at radius 3 is 2.30 bits per heavy atom. The molecule has 6 heteroatoms. The largest absolute Gasteiger partial charge is 0.497 e. The van der Waals surface area contributed by atoms with Crippen LogP contribution in [0.2, 0.25) is 0 Å². The van der Waals surface area contributed by atoms with E-state index in [1.54, 1.807) is 14.2 Å². The molecule has 0 N–H and O–H groups in total. The van der Waals surface area contributed by atoms with Crippen molar-refractivity contribution in [1.29, 1.82) is 0 Å². The SMILES string of the molecule is COc1cc(OC)cc(-c2cc3nc4c(c(N5CC(C)CC(C)C5)n3n2)CCC4)c1. The third-order valence-electron chi connectivity index (χ3n) is 6.41. The molecule has 30 heavy (non-hydrogen) atoms. The first kappa shape index (κ1) is 19.2. The number of hydrogen-bond acceptors (Lipinski definition) is 5. The fraction of sp³-hybridized carbons (Fsp3) is 0.500. The molecule has 0 amide bonds. The smallest absolute Gasteiger partial charge is 0.158 e. The number of fused-ring (bicyclic) bond motifs is 2. The van der Waals surface area contributed by atoms with Crippen molar-refractivity contribution >= 4 is 11.5 Å². The van der Waals surface area contributed by atoms with Gasteiger partial charge in [-0.25, -0.2) is 4.98 Å². The lowest BCUT2D eigenvalue weighted by atomic mass is 9.91. The van der Waals surface area contributed by atoms with Crippen LogP contribution in [-0.4, -0.2) is 41.9 Å². The Bertz CT molecular complexity index is 1060. The van der Waals surface area contributed by atoms with Gasteiger partial charge in [0.05, 0.1) is 19.9 Å². The minimum absolute atomic E-state index is 0.687. The summed E-state index contributed by atoms with van der Waals surface area (Å²) in [7, 11) is 3.34. The lowest BCUT2D eigenvalue weighted by Gasteiger charge is -2.37. The number of nitrogens with zero attached hydrogens (tertiary/aromatic N) is 4. The molecule has 5 rings (SSSR count). The maximum atomic E-state index is 5.46. The monoisotopic (exact) mass is 406 g/mol. The van der Waals surface area contributed by atoms with Gasteiger partial charge in [0, 0.05) is 42.0 Å². The number of rotatable bonds is 4. The van der Waals surface area contributed by atoms with Crippen LogP contribution in [0.3, 0.4) is 0 Å². The van der Waals surface area contributed by atoms with E-state index < -0.39 is 0 Å². The van der Waals surface area contributed by atoms with Crippen LogP contribution in [-0.2, 0) is 12.8 Å². The highest BCUT2D eigenvalue weighted by Gasteiger charge is 2.29. The molecule has 1 aliphatic carbocycles. The Balaban J connectivity index is 1.67. The number of benzene rings is 1. The zero-order chi connectivity index (χ0) is 20.8. The topological polar surface area (TPSA) is 51.9 Å². The Labute approximate surface area is 177 Å². The highest BCUT2D eigenvalue weighted by molar-refractivity contribution is 5.70. The van der Waals surface area contributed by atoms with E-state index in [9.17, 15) is 0 Å². The normalized spacial score (nSPS) is 21.1. The lowest BCUT2D eigenvalue weighted by molar-refractivity contribution is 0.353. The van der Waals surface area contributed by atoms with Gasteiger partial charge >= 0.3 is 0 Å². The van der Waals surface area contributed by atoms with Crippen LogP contribution in [0.5, 0.6) is 11.5 Å². The third-order valence-corrected chi connectivity index (χ3v) is 6.41. The number of hydrogen-bond donors (Lipinski definition) is 0. The molecule has 158 valence electrons. The van der Waals surface area contributed by atoms with E-state index in [-0.39, 0.29) is 0 Å². The van der Waals surface area contributed by atoms with Crippen LogP contribution >= 0.6 is 0 Å². The zero-order valence-corrected chi connectivity index (χ0v) is 18.3. The molecule has 2 atom stereocenters. The van der Waals surface area contributed by atoms with E-state index in [0.717, 1.165) is 54.3 Å². The van der Waals surface area contributed by atoms with Gasteiger partial charge in [0.1, 0.15) is 17.3 Å². The second-order valence-electron chi connectivity index (χ2n) is 8.97. The summed E-state index contributed by atoms with van der Waals surface area (Å²) in [5.74, 6) is 4.15. The molecule has 0 bridgehead atoms. The van der Waals surface area contributed by atoms with Gasteiger partial charge in [-0.05, 0) is 49.7 Å². The van der Waals surface area contributed by atoms with Crippen LogP contribution in [0.15, 0.2) is 24.3 Å². The number of piperidine rings is 1. The number of aromatic nitrogens is 3. The minimum Gasteiger partial charge on any atom is -0.497 e. The zero-order valence-electron chi connectivity index (χ0n) is 18.3. The molecule has 3 heterocycles. The summed E-state index contributed by atoms with van der Waals surface area (Å²) >= 11 is 0. The summed E-state index contributed by atoms with van der Waals surface area (Å²) in [5, 5.41) is 5.04. The Hall–Kier alpha value is -2.76. The predicted molar refractivity (Wildman–Crippen MR) is 119 cm³/mol. The molecule has 2 aromatic heterocycles. The van der Waals surface area contributed by atoms with Crippen LogP contribution in [0.4, 0.5) is 5.82 Å². The van der Waals surface area contributed by atoms with Gasteiger partial charge in [-0.3, -0.25) is 0 Å². The van der Waals surface area contributed by atoms with Gasteiger partial charge < -0.3 is 14.4 Å². The van der Waals surface area contributed by atoms with E-state index in [2.05, 4.69) is 29.3 Å². The highest BCUT2D eigenvalue weighted by atomic mass is 16.5. The molecule has 2 aliphatic rings. The first-order valence-corrected chi connectivity index (χ1v) is 11.0. The summed E-state index contributed by atoms with van der Waals surface area (Å²) in [4.78, 5) is 7.55. The van der Waals surface area contributed by atoms with Crippen LogP contribution in [0.25, 0.3) is 16.9 Å². The second kappa shape index (κ2) is 7.49. The number of anilines is 1. The van der Waals surface area contributed by atoms with Crippen molar-refractivity contribution in [3.05, 3.63) is 35.5 Å². The number of methoxy groups -OCH3 is 2. The highest BCUT2D eigenvalue weighted by Crippen LogP contribution is 2.36. The molecule has 1 aromatic carbocycles. The van der Waals surface area contributed by atoms with Crippen molar-refractivity contribution < 1.29 is 9.47 Å². The second-order valence-corrected chi connectivity index (χ2v) is 8.97. The van der Waals surface area contributed by atoms with E-state index in [4.69, 9.17) is 19.6 Å². The fourth-order valence-corrected chi connectivity index (χ4v) is 5.22. The maximum Gasteiger partial charge on any atom is 0.158 e. The molecule has 6 nitrogen and oxygen atoms in total. The van der Waals surface area contributed by atoms with Gasteiger partial charge in [-0.1, -0.05) is 13.8 Å². The quantitative estimate of drug-likeness (QED) is 0.643. The molecule has 0 spiro atoms. The average Bonchev–Trinajstić information content (AvgIpc) is 3.37. The molecule has 2 unspecified atom stereocenters. The maximum absolute atomic E-state index is 5.46. The molecule has 1 saturated heterocycles. The van der Waals surface area contributed by atoms with Crippen LogP contribution in [0, 0.1) is 11.8 Å². The van der Waals surface area contributed by atoms with E-state index in [0.29, 0.717) is 11.8 Å². The van der Waals surface area contributed by atoms with Crippen molar-refractivity contribution in [3.8, 4) is 22.8 Å². The van der Waals surface area contributed by atoms with Crippen molar-refractivity contribution in [2.45, 2.75) is 39.5 Å². The molecule has 0 radical (unpaired) electrons. The molecule has 1 fully saturated rings. The summed E-state index contributed by atoms with van der Waals surface area (Å²) in [6.45, 7) is 6.88. The minimum atomic E-state index is 0.687. The first-order valence-electron chi connectivity index (χ1n) is 11.0. The Morgan fingerprint density at radius 2 is 1.63 bits per heavy atom. The van der Waals surface area contributed by atoms with E-state index >= 15 is 0 Å². The van der Waals surface area contributed by atoms with Gasteiger partial charge in [-0.15, -0.1) is 0 Å². The van der Waals surface area contributed by atoms with E-state index in [1.807, 2.05) is 18.2 Å². The molecule has 3 aromatic rings. The van der Waals surface area contributed by atoms with Crippen molar-refractivity contribution in [1.82, 2.24) is 14.6 Å². The van der Waals surface area contributed by atoms with Crippen molar-refractivity contribution in [3.63, 3.8) is 0 Å². The van der Waals surface area contributed by atoms with Gasteiger partial charge in [0.2, 0.25) is 0 Å². The van der Waals surface area contributed by atoms with Crippen LogP contribution < -0.4 is 14.4 Å². The Morgan fingerprint density at radius 1 is 0.933 bits per heavy atom. The average molecular weight is 407 g/mol. The van der Waals surface area contributed by atoms with Crippen LogP contribution in [0.1, 0.15) is 37.9 Å². The molecular formula is C24H30N4O2. The Kier molecular flexibility index (Phi) is 4.80. The number of ether oxygens (including phenoxy) is 2. The predicted octanol–water partition coefficient (Wildman–Crippen LogP) is 4.38. The summed E-state index contributed by atoms with van der Waals surface area (Å²) < 4.78 is 13.0. The van der Waals surface area contributed by atoms with Gasteiger partial charge in [0.15, 0.2) is 5.65 Å². The molecule has 1 aliphatic heterocycles. The molecule has 0 saturated carbocycles. The fourth-order valence-electron chi connectivity index (χ4n) is 5.22. The molecular weight excluding hydrogens is 376 g/mol. The standard InChI is InChI=1S/C24H30N4O2/c1-15-8-16(2)14-27(13-15)24-20-6-5-7-21(20)25-23-12-22(26-28(23)24)17-9-18(29-3)11-19(10-17)30-4/h9-12,15-16H,5-8,13-14H2,1-4H3. The van der Waals surface area contributed by atoms with Gasteiger partial charge in [0.25, 0.3) is 0 Å². The summed E-state index contributed by atoms with van der Waals surface area (Å²) in [6.07, 6.45) is 4.63. The number of aryl methyl sites for hydroxylation is 1. The van der Waals surface area contributed by atoms with E-state index in [1.165, 1.54) is 29.9 Å².